The van der Waals surface area contributed by atoms with Crippen molar-refractivity contribution in [2.45, 2.75) is 6.92 Å². The van der Waals surface area contributed by atoms with Gasteiger partial charge in [-0.2, -0.15) is 0 Å². The Balaban J connectivity index is 2.08. The molecule has 1 amide bonds. The second-order valence-corrected chi connectivity index (χ2v) is 4.47. The predicted octanol–water partition coefficient (Wildman–Crippen LogP) is 1.43. The number of aromatic nitrogens is 1. The number of amides is 1. The summed E-state index contributed by atoms with van der Waals surface area (Å²) >= 11 is 0. The van der Waals surface area contributed by atoms with Gasteiger partial charge in [-0.15, -0.1) is 0 Å². The van der Waals surface area contributed by atoms with Crippen molar-refractivity contribution in [2.75, 3.05) is 27.2 Å². The standard InChI is InChI=1S/C13H17N3O2/c1-9-15-11-8-10(4-5-12(11)18-9)13(17)14-6-7-16(2)3/h4-5,8H,6-7H2,1-3H3,(H,14,17). The molecule has 0 aliphatic carbocycles. The zero-order valence-corrected chi connectivity index (χ0v) is 10.9. The molecule has 1 N–H and O–H groups in total. The first-order chi connectivity index (χ1) is 8.56. The first-order valence-corrected chi connectivity index (χ1v) is 5.86. The van der Waals surface area contributed by atoms with Crippen LogP contribution in [0.5, 0.6) is 0 Å². The minimum Gasteiger partial charge on any atom is -0.441 e. The molecule has 2 rings (SSSR count). The fourth-order valence-electron chi connectivity index (χ4n) is 1.68. The van der Waals surface area contributed by atoms with Crippen molar-refractivity contribution in [3.8, 4) is 0 Å². The van der Waals surface area contributed by atoms with Crippen LogP contribution >= 0.6 is 0 Å². The highest BCUT2D eigenvalue weighted by atomic mass is 16.3. The summed E-state index contributed by atoms with van der Waals surface area (Å²) in [5.74, 6) is 0.523. The quantitative estimate of drug-likeness (QED) is 0.888. The Kier molecular flexibility index (Phi) is 3.62. The smallest absolute Gasteiger partial charge is 0.251 e. The summed E-state index contributed by atoms with van der Waals surface area (Å²) in [4.78, 5) is 18.1. The van der Waals surface area contributed by atoms with Gasteiger partial charge in [-0.25, -0.2) is 4.98 Å². The maximum atomic E-state index is 11.9. The van der Waals surface area contributed by atoms with E-state index in [1.54, 1.807) is 25.1 Å². The Hall–Kier alpha value is -1.88. The summed E-state index contributed by atoms with van der Waals surface area (Å²) in [6.07, 6.45) is 0. The minimum absolute atomic E-state index is 0.0839. The molecule has 0 spiro atoms. The number of carbonyl (C=O) groups is 1. The molecular weight excluding hydrogens is 230 g/mol. The molecule has 0 aliphatic heterocycles. The van der Waals surface area contributed by atoms with Gasteiger partial charge in [-0.05, 0) is 32.3 Å². The van der Waals surface area contributed by atoms with E-state index in [1.807, 2.05) is 19.0 Å². The second-order valence-electron chi connectivity index (χ2n) is 4.47. The van der Waals surface area contributed by atoms with E-state index in [4.69, 9.17) is 4.42 Å². The highest BCUT2D eigenvalue weighted by Crippen LogP contribution is 2.16. The number of benzene rings is 1. The number of aryl methyl sites for hydroxylation is 1. The Morgan fingerprint density at radius 3 is 2.94 bits per heavy atom. The van der Waals surface area contributed by atoms with Gasteiger partial charge >= 0.3 is 0 Å². The molecule has 5 nitrogen and oxygen atoms in total. The maximum absolute atomic E-state index is 11.9. The summed E-state index contributed by atoms with van der Waals surface area (Å²) in [5.41, 5.74) is 2.03. The monoisotopic (exact) mass is 247 g/mol. The van der Waals surface area contributed by atoms with Crippen LogP contribution in [0.3, 0.4) is 0 Å². The van der Waals surface area contributed by atoms with E-state index in [9.17, 15) is 4.79 Å². The molecule has 0 aliphatic rings. The molecule has 0 bridgehead atoms. The lowest BCUT2D eigenvalue weighted by atomic mass is 10.2. The number of fused-ring (bicyclic) bond motifs is 1. The van der Waals surface area contributed by atoms with Crippen LogP contribution < -0.4 is 5.32 Å². The third-order valence-electron chi connectivity index (χ3n) is 2.60. The van der Waals surface area contributed by atoms with E-state index >= 15 is 0 Å². The van der Waals surface area contributed by atoms with Crippen LogP contribution in [0, 0.1) is 6.92 Å². The van der Waals surface area contributed by atoms with E-state index < -0.39 is 0 Å². The molecule has 0 saturated heterocycles. The van der Waals surface area contributed by atoms with Gasteiger partial charge in [0.2, 0.25) is 0 Å². The summed E-state index contributed by atoms with van der Waals surface area (Å²) in [6, 6.07) is 5.27. The summed E-state index contributed by atoms with van der Waals surface area (Å²) in [6.45, 7) is 3.23. The van der Waals surface area contributed by atoms with E-state index in [0.29, 0.717) is 29.1 Å². The van der Waals surface area contributed by atoms with Crippen LogP contribution in [0.25, 0.3) is 11.1 Å². The van der Waals surface area contributed by atoms with Gasteiger partial charge in [0.15, 0.2) is 11.5 Å². The molecule has 0 unspecified atom stereocenters. The third kappa shape index (κ3) is 2.87. The Bertz CT molecular complexity index is 560. The third-order valence-corrected chi connectivity index (χ3v) is 2.60. The van der Waals surface area contributed by atoms with E-state index in [2.05, 4.69) is 10.3 Å². The molecule has 1 aromatic carbocycles. The lowest BCUT2D eigenvalue weighted by Crippen LogP contribution is -2.31. The molecule has 0 saturated carbocycles. The molecule has 96 valence electrons. The van der Waals surface area contributed by atoms with E-state index in [0.717, 1.165) is 6.54 Å². The molecule has 0 fully saturated rings. The van der Waals surface area contributed by atoms with Gasteiger partial charge in [0, 0.05) is 25.6 Å². The van der Waals surface area contributed by atoms with Crippen molar-refractivity contribution in [3.63, 3.8) is 0 Å². The number of nitrogens with zero attached hydrogens (tertiary/aromatic N) is 2. The minimum atomic E-state index is -0.0839. The van der Waals surface area contributed by atoms with Crippen molar-refractivity contribution in [1.82, 2.24) is 15.2 Å². The van der Waals surface area contributed by atoms with Crippen molar-refractivity contribution in [2.24, 2.45) is 0 Å². The molecule has 5 heteroatoms. The fraction of sp³-hybridized carbons (Fsp3) is 0.385. The second kappa shape index (κ2) is 5.18. The molecule has 0 radical (unpaired) electrons. The number of oxazole rings is 1. The SMILES string of the molecule is Cc1nc2cc(C(=O)NCCN(C)C)ccc2o1. The highest BCUT2D eigenvalue weighted by molar-refractivity contribution is 5.97. The predicted molar refractivity (Wildman–Crippen MR) is 69.6 cm³/mol. The molecule has 0 atom stereocenters. The molecule has 18 heavy (non-hydrogen) atoms. The number of hydrogen-bond donors (Lipinski definition) is 1. The Morgan fingerprint density at radius 1 is 1.44 bits per heavy atom. The first kappa shape index (κ1) is 12.6. The number of nitrogens with one attached hydrogen (secondary N) is 1. The van der Waals surface area contributed by atoms with Gasteiger partial charge in [-0.1, -0.05) is 0 Å². The fourth-order valence-corrected chi connectivity index (χ4v) is 1.68. The highest BCUT2D eigenvalue weighted by Gasteiger charge is 2.08. The normalized spacial score (nSPS) is 11.1. The number of likely N-dealkylation sites (N-methyl/N-ethyl adjacent to an activating group) is 1. The van der Waals surface area contributed by atoms with Crippen LogP contribution in [0.2, 0.25) is 0 Å². The first-order valence-electron chi connectivity index (χ1n) is 5.86. The average molecular weight is 247 g/mol. The largest absolute Gasteiger partial charge is 0.441 e. The number of hydrogen-bond acceptors (Lipinski definition) is 4. The Morgan fingerprint density at radius 2 is 2.22 bits per heavy atom. The molecular formula is C13H17N3O2. The number of rotatable bonds is 4. The van der Waals surface area contributed by atoms with Crippen molar-refractivity contribution in [3.05, 3.63) is 29.7 Å². The van der Waals surface area contributed by atoms with E-state index in [-0.39, 0.29) is 5.91 Å². The number of carbonyl (C=O) groups excluding carboxylic acids is 1. The Labute approximate surface area is 106 Å². The van der Waals surface area contributed by atoms with Gasteiger partial charge in [0.05, 0.1) is 0 Å². The zero-order valence-electron chi connectivity index (χ0n) is 10.9. The van der Waals surface area contributed by atoms with Crippen LogP contribution in [-0.2, 0) is 0 Å². The maximum Gasteiger partial charge on any atom is 0.251 e. The van der Waals surface area contributed by atoms with Crippen LogP contribution in [0.1, 0.15) is 16.2 Å². The van der Waals surface area contributed by atoms with Gasteiger partial charge in [0.25, 0.3) is 5.91 Å². The average Bonchev–Trinajstić information content (AvgIpc) is 2.67. The van der Waals surface area contributed by atoms with Crippen molar-refractivity contribution in [1.29, 1.82) is 0 Å². The van der Waals surface area contributed by atoms with Gasteiger partial charge < -0.3 is 14.6 Å². The molecule has 2 aromatic rings. The van der Waals surface area contributed by atoms with Crippen LogP contribution in [-0.4, -0.2) is 43.0 Å². The van der Waals surface area contributed by atoms with Crippen molar-refractivity contribution < 1.29 is 9.21 Å². The lowest BCUT2D eigenvalue weighted by molar-refractivity contribution is 0.0951. The van der Waals surface area contributed by atoms with Gasteiger partial charge in [-0.3, -0.25) is 4.79 Å². The lowest BCUT2D eigenvalue weighted by Gasteiger charge is -2.10. The zero-order chi connectivity index (χ0) is 13.1. The van der Waals surface area contributed by atoms with Gasteiger partial charge in [0.1, 0.15) is 5.52 Å². The molecule has 1 heterocycles. The van der Waals surface area contributed by atoms with Crippen molar-refractivity contribution >= 4 is 17.0 Å². The van der Waals surface area contributed by atoms with E-state index in [1.165, 1.54) is 0 Å². The van der Waals surface area contributed by atoms with Crippen LogP contribution in [0.4, 0.5) is 0 Å². The summed E-state index contributed by atoms with van der Waals surface area (Å²) in [5, 5.41) is 2.86. The summed E-state index contributed by atoms with van der Waals surface area (Å²) < 4.78 is 5.37. The van der Waals surface area contributed by atoms with Crippen LogP contribution in [0.15, 0.2) is 22.6 Å². The topological polar surface area (TPSA) is 58.4 Å². The summed E-state index contributed by atoms with van der Waals surface area (Å²) in [7, 11) is 3.94. The molecule has 1 aromatic heterocycles.